The topological polar surface area (TPSA) is 63.8 Å². The summed E-state index contributed by atoms with van der Waals surface area (Å²) in [7, 11) is 0. The van der Waals surface area contributed by atoms with Gasteiger partial charge in [-0.1, -0.05) is 6.07 Å². The summed E-state index contributed by atoms with van der Waals surface area (Å²) in [5, 5.41) is 4.41. The normalized spacial score (nSPS) is 10.4. The summed E-state index contributed by atoms with van der Waals surface area (Å²) in [6.07, 6.45) is 3.47. The Balaban J connectivity index is 2.05. The molecule has 18 heavy (non-hydrogen) atoms. The second kappa shape index (κ2) is 4.33. The molecule has 0 unspecified atom stereocenters. The van der Waals surface area contributed by atoms with Crippen molar-refractivity contribution in [3.8, 4) is 0 Å². The SMILES string of the molecule is Nc1cc(Nc2cccc3ncccc23)ccn1. The van der Waals surface area contributed by atoms with Gasteiger partial charge < -0.3 is 11.1 Å². The molecule has 0 aliphatic carbocycles. The first-order valence-corrected chi connectivity index (χ1v) is 5.65. The molecule has 0 saturated carbocycles. The number of aromatic nitrogens is 2. The summed E-state index contributed by atoms with van der Waals surface area (Å²) >= 11 is 0. The smallest absolute Gasteiger partial charge is 0.125 e. The van der Waals surface area contributed by atoms with E-state index in [1.54, 1.807) is 18.5 Å². The molecule has 2 heterocycles. The molecule has 0 aliphatic rings. The lowest BCUT2D eigenvalue weighted by atomic mass is 10.2. The zero-order valence-corrected chi connectivity index (χ0v) is 9.67. The van der Waals surface area contributed by atoms with Gasteiger partial charge in [0.15, 0.2) is 0 Å². The number of fused-ring (bicyclic) bond motifs is 1. The molecule has 0 aliphatic heterocycles. The molecule has 0 radical (unpaired) electrons. The highest BCUT2D eigenvalue weighted by molar-refractivity contribution is 5.93. The van der Waals surface area contributed by atoms with Crippen LogP contribution < -0.4 is 11.1 Å². The monoisotopic (exact) mass is 236 g/mol. The van der Waals surface area contributed by atoms with E-state index in [0.717, 1.165) is 22.3 Å². The van der Waals surface area contributed by atoms with Crippen molar-refractivity contribution in [3.63, 3.8) is 0 Å². The summed E-state index contributed by atoms with van der Waals surface area (Å²) < 4.78 is 0. The first kappa shape index (κ1) is 10.5. The lowest BCUT2D eigenvalue weighted by Gasteiger charge is -2.09. The fraction of sp³-hybridized carbons (Fsp3) is 0. The fourth-order valence-electron chi connectivity index (χ4n) is 1.89. The van der Waals surface area contributed by atoms with E-state index < -0.39 is 0 Å². The largest absolute Gasteiger partial charge is 0.384 e. The van der Waals surface area contributed by atoms with E-state index in [2.05, 4.69) is 15.3 Å². The van der Waals surface area contributed by atoms with Crippen molar-refractivity contribution in [1.29, 1.82) is 0 Å². The van der Waals surface area contributed by atoms with Crippen LogP contribution in [0.3, 0.4) is 0 Å². The van der Waals surface area contributed by atoms with E-state index in [1.807, 2.05) is 36.4 Å². The van der Waals surface area contributed by atoms with Crippen LogP contribution in [0.15, 0.2) is 54.9 Å². The van der Waals surface area contributed by atoms with Crippen molar-refractivity contribution in [1.82, 2.24) is 9.97 Å². The molecule has 0 atom stereocenters. The second-order valence-corrected chi connectivity index (χ2v) is 3.97. The second-order valence-electron chi connectivity index (χ2n) is 3.97. The van der Waals surface area contributed by atoms with Crippen LogP contribution in [-0.2, 0) is 0 Å². The van der Waals surface area contributed by atoms with Gasteiger partial charge in [-0.25, -0.2) is 4.98 Å². The Kier molecular flexibility index (Phi) is 2.53. The number of rotatable bonds is 2. The fourth-order valence-corrected chi connectivity index (χ4v) is 1.89. The standard InChI is InChI=1S/C14H12N4/c15-14-9-10(6-8-17-14)18-13-5-1-4-12-11(13)3-2-7-16-12/h1-9H,(H3,15,17,18). The molecule has 1 aromatic carbocycles. The number of nitrogens with zero attached hydrogens (tertiary/aromatic N) is 2. The van der Waals surface area contributed by atoms with Crippen LogP contribution in [0.1, 0.15) is 0 Å². The molecule has 88 valence electrons. The highest BCUT2D eigenvalue weighted by Crippen LogP contribution is 2.25. The molecule has 0 fully saturated rings. The maximum atomic E-state index is 5.66. The van der Waals surface area contributed by atoms with Gasteiger partial charge in [-0.05, 0) is 30.3 Å². The van der Waals surface area contributed by atoms with Gasteiger partial charge in [0, 0.05) is 35.2 Å². The number of anilines is 3. The zero-order chi connectivity index (χ0) is 12.4. The molecule has 0 amide bonds. The van der Waals surface area contributed by atoms with Gasteiger partial charge in [-0.15, -0.1) is 0 Å². The van der Waals surface area contributed by atoms with Gasteiger partial charge in [-0.3, -0.25) is 4.98 Å². The number of hydrogen-bond donors (Lipinski definition) is 2. The average molecular weight is 236 g/mol. The third kappa shape index (κ3) is 1.96. The Hall–Kier alpha value is -2.62. The van der Waals surface area contributed by atoms with Gasteiger partial charge in [0.05, 0.1) is 5.52 Å². The lowest BCUT2D eigenvalue weighted by molar-refractivity contribution is 1.33. The number of benzene rings is 1. The molecule has 0 bridgehead atoms. The summed E-state index contributed by atoms with van der Waals surface area (Å²) in [6, 6.07) is 13.6. The van der Waals surface area contributed by atoms with Crippen LogP contribution in [0.25, 0.3) is 10.9 Å². The third-order valence-corrected chi connectivity index (χ3v) is 2.71. The Labute approximate surface area is 104 Å². The van der Waals surface area contributed by atoms with E-state index in [-0.39, 0.29) is 0 Å². The number of pyridine rings is 2. The van der Waals surface area contributed by atoms with Crippen LogP contribution in [0.4, 0.5) is 17.2 Å². The van der Waals surface area contributed by atoms with Crippen molar-refractivity contribution in [3.05, 3.63) is 54.9 Å². The zero-order valence-electron chi connectivity index (χ0n) is 9.67. The maximum absolute atomic E-state index is 5.66. The van der Waals surface area contributed by atoms with Crippen molar-refractivity contribution in [2.75, 3.05) is 11.1 Å². The van der Waals surface area contributed by atoms with E-state index in [4.69, 9.17) is 5.73 Å². The number of hydrogen-bond acceptors (Lipinski definition) is 4. The van der Waals surface area contributed by atoms with Crippen LogP contribution in [-0.4, -0.2) is 9.97 Å². The minimum atomic E-state index is 0.498. The number of nitrogens with two attached hydrogens (primary N) is 1. The van der Waals surface area contributed by atoms with Crippen LogP contribution in [0.5, 0.6) is 0 Å². The molecule has 2 aromatic heterocycles. The lowest BCUT2D eigenvalue weighted by Crippen LogP contribution is -1.95. The minimum absolute atomic E-state index is 0.498. The third-order valence-electron chi connectivity index (χ3n) is 2.71. The van der Waals surface area contributed by atoms with Crippen molar-refractivity contribution < 1.29 is 0 Å². The molecule has 3 rings (SSSR count). The van der Waals surface area contributed by atoms with Gasteiger partial charge in [0.2, 0.25) is 0 Å². The highest BCUT2D eigenvalue weighted by atomic mass is 14.9. The molecule has 3 aromatic rings. The molecular formula is C14H12N4. The first-order valence-electron chi connectivity index (χ1n) is 5.65. The van der Waals surface area contributed by atoms with Gasteiger partial charge in [0.25, 0.3) is 0 Å². The predicted molar refractivity (Wildman–Crippen MR) is 73.7 cm³/mol. The van der Waals surface area contributed by atoms with Gasteiger partial charge >= 0.3 is 0 Å². The Morgan fingerprint density at radius 2 is 1.89 bits per heavy atom. The first-order chi connectivity index (χ1) is 8.83. The average Bonchev–Trinajstić information content (AvgIpc) is 2.39. The molecule has 3 N–H and O–H groups in total. The molecule has 0 spiro atoms. The van der Waals surface area contributed by atoms with E-state index in [9.17, 15) is 0 Å². The van der Waals surface area contributed by atoms with E-state index >= 15 is 0 Å². The molecular weight excluding hydrogens is 224 g/mol. The molecule has 0 saturated heterocycles. The summed E-state index contributed by atoms with van der Waals surface area (Å²) in [6.45, 7) is 0. The maximum Gasteiger partial charge on any atom is 0.125 e. The summed E-state index contributed by atoms with van der Waals surface area (Å²) in [4.78, 5) is 8.29. The Bertz CT molecular complexity index is 689. The van der Waals surface area contributed by atoms with Crippen LogP contribution >= 0.6 is 0 Å². The number of nitrogen functional groups attached to an aromatic ring is 1. The van der Waals surface area contributed by atoms with Gasteiger partial charge in [-0.2, -0.15) is 0 Å². The summed E-state index contributed by atoms with van der Waals surface area (Å²) in [5.41, 5.74) is 8.55. The molecule has 4 nitrogen and oxygen atoms in total. The van der Waals surface area contributed by atoms with Crippen molar-refractivity contribution >= 4 is 28.1 Å². The van der Waals surface area contributed by atoms with Crippen LogP contribution in [0.2, 0.25) is 0 Å². The quantitative estimate of drug-likeness (QED) is 0.718. The number of nitrogens with one attached hydrogen (secondary N) is 1. The van der Waals surface area contributed by atoms with Crippen molar-refractivity contribution in [2.24, 2.45) is 0 Å². The minimum Gasteiger partial charge on any atom is -0.384 e. The predicted octanol–water partition coefficient (Wildman–Crippen LogP) is 2.96. The highest BCUT2D eigenvalue weighted by Gasteiger charge is 2.01. The summed E-state index contributed by atoms with van der Waals surface area (Å²) in [5.74, 6) is 0.498. The van der Waals surface area contributed by atoms with Gasteiger partial charge in [0.1, 0.15) is 5.82 Å². The Morgan fingerprint density at radius 3 is 2.78 bits per heavy atom. The van der Waals surface area contributed by atoms with Crippen molar-refractivity contribution in [2.45, 2.75) is 0 Å². The molecule has 4 heteroatoms. The van der Waals surface area contributed by atoms with Crippen LogP contribution in [0, 0.1) is 0 Å². The Morgan fingerprint density at radius 1 is 0.944 bits per heavy atom. The van der Waals surface area contributed by atoms with E-state index in [1.165, 1.54) is 0 Å². The van der Waals surface area contributed by atoms with E-state index in [0.29, 0.717) is 5.82 Å².